The van der Waals surface area contributed by atoms with E-state index in [1.807, 2.05) is 24.3 Å². The van der Waals surface area contributed by atoms with Crippen LogP contribution >= 0.6 is 0 Å². The lowest BCUT2D eigenvalue weighted by Gasteiger charge is -2.15. The van der Waals surface area contributed by atoms with Crippen molar-refractivity contribution in [3.63, 3.8) is 0 Å². The van der Waals surface area contributed by atoms with Gasteiger partial charge in [0.25, 0.3) is 5.91 Å². The summed E-state index contributed by atoms with van der Waals surface area (Å²) >= 11 is 0. The molecule has 0 bridgehead atoms. The van der Waals surface area contributed by atoms with Crippen LogP contribution in [0.3, 0.4) is 0 Å². The minimum atomic E-state index is -0.160. The third kappa shape index (κ3) is 5.30. The molecule has 0 fully saturated rings. The molecule has 19 heavy (non-hydrogen) atoms. The second-order valence-corrected chi connectivity index (χ2v) is 4.56. The number of nitrogens with one attached hydrogen (secondary N) is 1. The van der Waals surface area contributed by atoms with Gasteiger partial charge in [-0.05, 0) is 30.4 Å². The highest BCUT2D eigenvalue weighted by Gasteiger charge is 2.10. The van der Waals surface area contributed by atoms with Gasteiger partial charge in [0.05, 0.1) is 0 Å². The maximum Gasteiger partial charge on any atom is 0.257 e. The third-order valence-electron chi connectivity index (χ3n) is 3.08. The highest BCUT2D eigenvalue weighted by Crippen LogP contribution is 2.28. The fourth-order valence-corrected chi connectivity index (χ4v) is 1.74. The van der Waals surface area contributed by atoms with Crippen molar-refractivity contribution in [1.29, 1.82) is 0 Å². The molecule has 0 aromatic heterocycles. The van der Waals surface area contributed by atoms with Crippen LogP contribution in [0, 0.1) is 0 Å². The average Bonchev–Trinajstić information content (AvgIpc) is 2.45. The second kappa shape index (κ2) is 8.53. The summed E-state index contributed by atoms with van der Waals surface area (Å²) in [7, 11) is 0. The van der Waals surface area contributed by atoms with E-state index >= 15 is 0 Å². The Morgan fingerprint density at radius 3 is 2.84 bits per heavy atom. The first kappa shape index (κ1) is 15.5. The number of ether oxygens (including phenoxy) is 1. The number of aliphatic hydroxyl groups excluding tert-OH is 1. The van der Waals surface area contributed by atoms with Gasteiger partial charge in [-0.1, -0.05) is 32.0 Å². The number of carbonyl (C=O) groups excluding carboxylic acids is 1. The van der Waals surface area contributed by atoms with Crippen molar-refractivity contribution in [1.82, 2.24) is 5.32 Å². The summed E-state index contributed by atoms with van der Waals surface area (Å²) in [5.41, 5.74) is 1.13. The molecule has 0 spiro atoms. The summed E-state index contributed by atoms with van der Waals surface area (Å²) in [6.45, 7) is 4.84. The second-order valence-electron chi connectivity index (χ2n) is 4.56. The number of hydrogen-bond acceptors (Lipinski definition) is 3. The van der Waals surface area contributed by atoms with Crippen molar-refractivity contribution >= 4 is 5.91 Å². The Kier molecular flexibility index (Phi) is 6.97. The van der Waals surface area contributed by atoms with E-state index in [1.165, 1.54) is 0 Å². The van der Waals surface area contributed by atoms with Crippen LogP contribution in [-0.2, 0) is 4.79 Å². The lowest BCUT2D eigenvalue weighted by molar-refractivity contribution is -0.123. The number of amides is 1. The Balaban J connectivity index is 2.50. The highest BCUT2D eigenvalue weighted by atomic mass is 16.5. The molecule has 1 rings (SSSR count). The molecule has 0 aliphatic heterocycles. The molecule has 106 valence electrons. The molecular weight excluding hydrogens is 242 g/mol. The van der Waals surface area contributed by atoms with Crippen LogP contribution in [0.1, 0.15) is 38.2 Å². The number of aliphatic hydroxyl groups is 1. The smallest absolute Gasteiger partial charge is 0.257 e. The highest BCUT2D eigenvalue weighted by molar-refractivity contribution is 5.77. The van der Waals surface area contributed by atoms with Crippen LogP contribution in [0.5, 0.6) is 5.75 Å². The summed E-state index contributed by atoms with van der Waals surface area (Å²) in [6, 6.07) is 7.82. The van der Waals surface area contributed by atoms with Crippen LogP contribution < -0.4 is 10.1 Å². The van der Waals surface area contributed by atoms with E-state index in [4.69, 9.17) is 9.84 Å². The van der Waals surface area contributed by atoms with Gasteiger partial charge in [0, 0.05) is 13.2 Å². The molecule has 4 heteroatoms. The van der Waals surface area contributed by atoms with Crippen molar-refractivity contribution in [3.05, 3.63) is 29.8 Å². The fraction of sp³-hybridized carbons (Fsp3) is 0.533. The first-order chi connectivity index (χ1) is 9.19. The Bertz CT molecular complexity index is 393. The van der Waals surface area contributed by atoms with Gasteiger partial charge >= 0.3 is 0 Å². The lowest BCUT2D eigenvalue weighted by Crippen LogP contribution is -2.30. The minimum absolute atomic E-state index is 0.0128. The number of benzene rings is 1. The van der Waals surface area contributed by atoms with Crippen molar-refractivity contribution < 1.29 is 14.6 Å². The van der Waals surface area contributed by atoms with E-state index in [-0.39, 0.29) is 19.1 Å². The molecular formula is C15H23NO3. The summed E-state index contributed by atoms with van der Waals surface area (Å²) in [5.74, 6) is 1.02. The predicted molar refractivity (Wildman–Crippen MR) is 75.4 cm³/mol. The molecule has 0 aliphatic rings. The molecule has 0 saturated heterocycles. The Morgan fingerprint density at radius 2 is 2.16 bits per heavy atom. The molecule has 0 aliphatic carbocycles. The van der Waals surface area contributed by atoms with Crippen LogP contribution in [0.4, 0.5) is 0 Å². The van der Waals surface area contributed by atoms with E-state index in [0.29, 0.717) is 18.9 Å². The van der Waals surface area contributed by atoms with Crippen LogP contribution in [0.2, 0.25) is 0 Å². The van der Waals surface area contributed by atoms with Gasteiger partial charge in [0.2, 0.25) is 0 Å². The van der Waals surface area contributed by atoms with Crippen LogP contribution in [-0.4, -0.2) is 30.8 Å². The lowest BCUT2D eigenvalue weighted by atomic mass is 9.98. The molecule has 4 nitrogen and oxygen atoms in total. The molecule has 0 radical (unpaired) electrons. The van der Waals surface area contributed by atoms with E-state index in [0.717, 1.165) is 17.7 Å². The molecule has 0 saturated carbocycles. The molecule has 1 unspecified atom stereocenters. The number of rotatable bonds is 8. The molecule has 0 heterocycles. The van der Waals surface area contributed by atoms with Gasteiger partial charge < -0.3 is 15.2 Å². The van der Waals surface area contributed by atoms with Gasteiger partial charge in [0.1, 0.15) is 5.75 Å². The Labute approximate surface area is 114 Å². The zero-order chi connectivity index (χ0) is 14.1. The van der Waals surface area contributed by atoms with Crippen molar-refractivity contribution in [2.24, 2.45) is 0 Å². The molecule has 1 aromatic carbocycles. The maximum atomic E-state index is 11.5. The first-order valence-electron chi connectivity index (χ1n) is 6.78. The summed E-state index contributed by atoms with van der Waals surface area (Å²) in [4.78, 5) is 11.5. The van der Waals surface area contributed by atoms with Crippen molar-refractivity contribution in [2.75, 3.05) is 19.8 Å². The predicted octanol–water partition coefficient (Wildman–Crippen LogP) is 2.08. The standard InChI is InChI=1S/C15H23NO3/c1-3-12(2)13-7-4-5-8-14(13)19-11-15(18)16-9-6-10-17/h4-5,7-8,12,17H,3,6,9-11H2,1-2H3,(H,16,18). The molecule has 1 aromatic rings. The van der Waals surface area contributed by atoms with E-state index < -0.39 is 0 Å². The van der Waals surface area contributed by atoms with E-state index in [9.17, 15) is 4.79 Å². The van der Waals surface area contributed by atoms with E-state index in [2.05, 4.69) is 19.2 Å². The number of para-hydroxylation sites is 1. The van der Waals surface area contributed by atoms with Gasteiger partial charge in [-0.2, -0.15) is 0 Å². The quantitative estimate of drug-likeness (QED) is 0.707. The van der Waals surface area contributed by atoms with Gasteiger partial charge in [0.15, 0.2) is 6.61 Å². The zero-order valence-electron chi connectivity index (χ0n) is 11.7. The van der Waals surface area contributed by atoms with Crippen molar-refractivity contribution in [2.45, 2.75) is 32.6 Å². The third-order valence-corrected chi connectivity index (χ3v) is 3.08. The normalized spacial score (nSPS) is 11.9. The van der Waals surface area contributed by atoms with E-state index in [1.54, 1.807) is 0 Å². The Hall–Kier alpha value is -1.55. The minimum Gasteiger partial charge on any atom is -0.483 e. The van der Waals surface area contributed by atoms with Gasteiger partial charge in [-0.25, -0.2) is 0 Å². The SMILES string of the molecule is CCC(C)c1ccccc1OCC(=O)NCCCO. The van der Waals surface area contributed by atoms with Crippen LogP contribution in [0.25, 0.3) is 0 Å². The number of hydrogen-bond donors (Lipinski definition) is 2. The molecule has 1 atom stereocenters. The topological polar surface area (TPSA) is 58.6 Å². The molecule has 2 N–H and O–H groups in total. The zero-order valence-corrected chi connectivity index (χ0v) is 11.7. The fourth-order valence-electron chi connectivity index (χ4n) is 1.74. The summed E-state index contributed by atoms with van der Waals surface area (Å²) in [6.07, 6.45) is 1.60. The monoisotopic (exact) mass is 265 g/mol. The van der Waals surface area contributed by atoms with Crippen LogP contribution in [0.15, 0.2) is 24.3 Å². The summed E-state index contributed by atoms with van der Waals surface area (Å²) < 4.78 is 5.58. The maximum absolute atomic E-state index is 11.5. The Morgan fingerprint density at radius 1 is 1.42 bits per heavy atom. The van der Waals surface area contributed by atoms with Crippen molar-refractivity contribution in [3.8, 4) is 5.75 Å². The summed E-state index contributed by atoms with van der Waals surface area (Å²) in [5, 5.41) is 11.3. The van der Waals surface area contributed by atoms with Gasteiger partial charge in [-0.15, -0.1) is 0 Å². The largest absolute Gasteiger partial charge is 0.483 e. The first-order valence-corrected chi connectivity index (χ1v) is 6.78. The molecule has 1 amide bonds. The number of carbonyl (C=O) groups is 1. The van der Waals surface area contributed by atoms with Gasteiger partial charge in [-0.3, -0.25) is 4.79 Å². The average molecular weight is 265 g/mol.